The molecule has 1 saturated heterocycles. The predicted molar refractivity (Wildman–Crippen MR) is 228 cm³/mol. The molecule has 8 rings (SSSR count). The van der Waals surface area contributed by atoms with Crippen LogP contribution in [0.1, 0.15) is 83.4 Å². The van der Waals surface area contributed by atoms with E-state index in [-0.39, 0.29) is 18.1 Å². The van der Waals surface area contributed by atoms with E-state index < -0.39 is 58.4 Å². The Morgan fingerprint density at radius 2 is 1.54 bits per heavy atom. The maximum absolute atomic E-state index is 17.1. The molecule has 2 N–H and O–H groups in total. The van der Waals surface area contributed by atoms with Gasteiger partial charge in [0.2, 0.25) is 0 Å². The summed E-state index contributed by atoms with van der Waals surface area (Å²) in [5.74, 6) is -1.54. The maximum atomic E-state index is 17.1. The molecule has 0 aromatic heterocycles. The number of halogens is 1. The average Bonchev–Trinajstić information content (AvgIpc) is 3.63. The zero-order chi connectivity index (χ0) is 42.4. The number of rotatable bonds is 10. The molecule has 1 heterocycles. The van der Waals surface area contributed by atoms with Crippen LogP contribution in [-0.4, -0.2) is 89.8 Å². The standard InChI is InChI=1S/C26H29NO.C24H31FO6/c1-4-25(21-11-7-5-8-12-21)26(22-13-9-6-10-14-22)23-15-17-24(18-16-23)28-20-19-27(2)3;1-20(2)30-19-10-16-15-6-5-13-9-14(27)7-8-21(13,3)23(15,25)17(28)11-22(16,4)24(19,31-20)18(29)12-26/h5-18H,4,19-20H2,1-3H3;7-9,15-17,19,26,28H,5-6,10-12H2,1-4H3/b26-25-;/t;15-,16-,17-,19+,21-,22-,23-,24+/m.0/s1. The Morgan fingerprint density at radius 3 is 2.15 bits per heavy atom. The zero-order valence-corrected chi connectivity index (χ0v) is 35.5. The zero-order valence-electron chi connectivity index (χ0n) is 35.5. The van der Waals surface area contributed by atoms with Gasteiger partial charge in [0.15, 0.2) is 28.6 Å². The van der Waals surface area contributed by atoms with Gasteiger partial charge in [0, 0.05) is 23.3 Å². The lowest BCUT2D eigenvalue weighted by Gasteiger charge is -2.62. The molecule has 0 amide bonds. The van der Waals surface area contributed by atoms with Crippen molar-refractivity contribution in [2.45, 2.75) is 96.0 Å². The maximum Gasteiger partial charge on any atom is 0.193 e. The fourth-order valence-electron chi connectivity index (χ4n) is 11.3. The van der Waals surface area contributed by atoms with Gasteiger partial charge in [-0.1, -0.05) is 98.3 Å². The third kappa shape index (κ3) is 7.27. The van der Waals surface area contributed by atoms with Crippen LogP contribution in [0.5, 0.6) is 5.75 Å². The number of likely N-dealkylation sites (N-methyl/N-ethyl adjacent to an activating group) is 1. The summed E-state index contributed by atoms with van der Waals surface area (Å²) in [7, 11) is 4.11. The number of Topliss-reactive ketones (excluding diaryl/α,β-unsaturated/α-hetero) is 1. The highest BCUT2D eigenvalue weighted by molar-refractivity contribution is 6.01. The number of fused-ring (bicyclic) bond motifs is 7. The molecule has 0 bridgehead atoms. The molecule has 314 valence electrons. The van der Waals surface area contributed by atoms with Gasteiger partial charge in [-0.3, -0.25) is 9.59 Å². The third-order valence-corrected chi connectivity index (χ3v) is 14.0. The summed E-state index contributed by atoms with van der Waals surface area (Å²) in [6.45, 7) is 10.2. The van der Waals surface area contributed by atoms with E-state index in [4.69, 9.17) is 14.2 Å². The monoisotopic (exact) mass is 805 g/mol. The van der Waals surface area contributed by atoms with Crippen molar-refractivity contribution in [3.63, 3.8) is 0 Å². The average molecular weight is 806 g/mol. The molecule has 0 radical (unpaired) electrons. The van der Waals surface area contributed by atoms with Crippen molar-refractivity contribution in [1.29, 1.82) is 0 Å². The second-order valence-corrected chi connectivity index (χ2v) is 18.0. The smallest absolute Gasteiger partial charge is 0.193 e. The first-order valence-corrected chi connectivity index (χ1v) is 21.1. The van der Waals surface area contributed by atoms with Crippen molar-refractivity contribution >= 4 is 22.7 Å². The molecular weight excluding hydrogens is 746 g/mol. The number of aliphatic hydroxyl groups is 2. The van der Waals surface area contributed by atoms with E-state index >= 15 is 4.39 Å². The highest BCUT2D eigenvalue weighted by Crippen LogP contribution is 2.72. The Bertz CT molecular complexity index is 2110. The van der Waals surface area contributed by atoms with Crippen molar-refractivity contribution in [3.05, 3.63) is 125 Å². The molecule has 4 aliphatic carbocycles. The van der Waals surface area contributed by atoms with Crippen LogP contribution in [0.3, 0.4) is 0 Å². The second-order valence-electron chi connectivity index (χ2n) is 18.0. The minimum absolute atomic E-state index is 0.0109. The van der Waals surface area contributed by atoms with Crippen LogP contribution in [0.2, 0.25) is 0 Å². The van der Waals surface area contributed by atoms with Crippen molar-refractivity contribution in [2.75, 3.05) is 33.9 Å². The van der Waals surface area contributed by atoms with E-state index in [1.54, 1.807) is 26.8 Å². The summed E-state index contributed by atoms with van der Waals surface area (Å²) in [5.41, 5.74) is 1.71. The minimum Gasteiger partial charge on any atom is -0.492 e. The number of carbonyl (C=O) groups is 2. The van der Waals surface area contributed by atoms with E-state index in [1.807, 2.05) is 6.92 Å². The van der Waals surface area contributed by atoms with Crippen LogP contribution in [0.25, 0.3) is 11.1 Å². The molecule has 0 unspecified atom stereocenters. The molecule has 0 spiro atoms. The number of hydrogen-bond donors (Lipinski definition) is 2. The molecule has 8 atom stereocenters. The molecule has 9 heteroatoms. The summed E-state index contributed by atoms with van der Waals surface area (Å²) >= 11 is 0. The van der Waals surface area contributed by atoms with Crippen molar-refractivity contribution < 1.29 is 38.4 Å². The van der Waals surface area contributed by atoms with Gasteiger partial charge in [0.1, 0.15) is 19.0 Å². The summed E-state index contributed by atoms with van der Waals surface area (Å²) in [5, 5.41) is 21.2. The van der Waals surface area contributed by atoms with Gasteiger partial charge < -0.3 is 29.3 Å². The van der Waals surface area contributed by atoms with Gasteiger partial charge in [-0.05, 0) is 125 Å². The molecule has 3 saturated carbocycles. The van der Waals surface area contributed by atoms with Gasteiger partial charge in [0.05, 0.1) is 12.2 Å². The first-order valence-electron chi connectivity index (χ1n) is 21.1. The first-order chi connectivity index (χ1) is 28.0. The second kappa shape index (κ2) is 16.3. The number of carbonyl (C=O) groups excluding carboxylic acids is 2. The first kappa shape index (κ1) is 42.9. The van der Waals surface area contributed by atoms with Gasteiger partial charge in [-0.25, -0.2) is 4.39 Å². The van der Waals surface area contributed by atoms with Gasteiger partial charge in [-0.15, -0.1) is 0 Å². The Morgan fingerprint density at radius 1 is 0.915 bits per heavy atom. The highest BCUT2D eigenvalue weighted by atomic mass is 19.1. The van der Waals surface area contributed by atoms with Gasteiger partial charge in [0.25, 0.3) is 0 Å². The number of allylic oxidation sites excluding steroid dienone is 5. The van der Waals surface area contributed by atoms with Crippen LogP contribution in [0.4, 0.5) is 4.39 Å². The van der Waals surface area contributed by atoms with Gasteiger partial charge in [-0.2, -0.15) is 0 Å². The largest absolute Gasteiger partial charge is 0.492 e. The van der Waals surface area contributed by atoms with Crippen molar-refractivity contribution in [2.24, 2.45) is 22.7 Å². The Kier molecular flexibility index (Phi) is 11.9. The summed E-state index contributed by atoms with van der Waals surface area (Å²) in [6, 6.07) is 29.8. The molecular formula is C50H60FNO7. The topological polar surface area (TPSA) is 106 Å². The van der Waals surface area contributed by atoms with E-state index in [0.29, 0.717) is 25.9 Å². The number of hydrogen-bond acceptors (Lipinski definition) is 8. The lowest BCUT2D eigenvalue weighted by atomic mass is 9.44. The number of benzene rings is 3. The Balaban J connectivity index is 0.000000180. The molecule has 5 aliphatic rings. The SMILES string of the molecule is CC/C(=C(\c1ccccc1)c1ccc(OCCN(C)C)cc1)c1ccccc1.CC1(C)O[C@@H]2C[C@H]3[C@@H]4CCC5=CC(=O)C=C[C@]5(C)[C@@]4(F)[C@@H](O)C[C@]3(C)[C@]2(C(=O)CO)O1. The Labute approximate surface area is 348 Å². The fourth-order valence-corrected chi connectivity index (χ4v) is 11.3. The predicted octanol–water partition coefficient (Wildman–Crippen LogP) is 8.41. The molecule has 59 heavy (non-hydrogen) atoms. The van der Waals surface area contributed by atoms with Crippen LogP contribution >= 0.6 is 0 Å². The van der Waals surface area contributed by atoms with E-state index in [1.165, 1.54) is 40.0 Å². The number of aliphatic hydroxyl groups excluding tert-OH is 2. The summed E-state index contributed by atoms with van der Waals surface area (Å²) in [6.07, 6.45) is 4.97. The van der Waals surface area contributed by atoms with Gasteiger partial charge >= 0.3 is 0 Å². The van der Waals surface area contributed by atoms with Crippen molar-refractivity contribution in [1.82, 2.24) is 4.90 Å². The summed E-state index contributed by atoms with van der Waals surface area (Å²) < 4.78 is 35.4. The third-order valence-electron chi connectivity index (χ3n) is 14.0. The number of ketones is 2. The number of alkyl halides is 1. The van der Waals surface area contributed by atoms with E-state index in [0.717, 1.165) is 24.3 Å². The van der Waals surface area contributed by atoms with Crippen LogP contribution < -0.4 is 4.74 Å². The lowest BCUT2D eigenvalue weighted by Crippen LogP contribution is -2.70. The molecule has 3 aromatic rings. The Hall–Kier alpha value is -4.25. The quantitative estimate of drug-likeness (QED) is 0.197. The van der Waals surface area contributed by atoms with Crippen LogP contribution in [0, 0.1) is 22.7 Å². The van der Waals surface area contributed by atoms with E-state index in [9.17, 15) is 19.8 Å². The summed E-state index contributed by atoms with van der Waals surface area (Å²) in [4.78, 5) is 27.2. The van der Waals surface area contributed by atoms with E-state index in [2.05, 4.69) is 111 Å². The fraction of sp³-hybridized carbons (Fsp3) is 0.480. The van der Waals surface area contributed by atoms with Crippen LogP contribution in [-0.2, 0) is 19.1 Å². The molecule has 8 nitrogen and oxygen atoms in total. The lowest BCUT2D eigenvalue weighted by molar-refractivity contribution is -0.246. The normalized spacial score (nSPS) is 33.1. The minimum atomic E-state index is -1.98. The molecule has 4 fully saturated rings. The van der Waals surface area contributed by atoms with Crippen LogP contribution in [0.15, 0.2) is 109 Å². The number of nitrogens with zero attached hydrogens (tertiary/aromatic N) is 1. The molecule has 3 aromatic carbocycles. The van der Waals surface area contributed by atoms with Crippen molar-refractivity contribution in [3.8, 4) is 5.75 Å². The molecule has 1 aliphatic heterocycles. The highest BCUT2D eigenvalue weighted by Gasteiger charge is 2.80. The number of ether oxygens (including phenoxy) is 3.